The maximum Gasteiger partial charge on any atom is 0.235 e. The van der Waals surface area contributed by atoms with E-state index in [9.17, 15) is 4.79 Å². The number of hydrogen-bond donors (Lipinski definition) is 1. The predicted molar refractivity (Wildman–Crippen MR) is 65.3 cm³/mol. The van der Waals surface area contributed by atoms with Crippen molar-refractivity contribution >= 4 is 29.1 Å². The molecule has 1 aromatic carbocycles. The summed E-state index contributed by atoms with van der Waals surface area (Å²) in [5.41, 5.74) is 0. The molecule has 1 atom stereocenters. The van der Waals surface area contributed by atoms with Gasteiger partial charge in [-0.1, -0.05) is 23.7 Å². The van der Waals surface area contributed by atoms with Gasteiger partial charge in [0.15, 0.2) is 0 Å². The lowest BCUT2D eigenvalue weighted by molar-refractivity contribution is -0.119. The van der Waals surface area contributed by atoms with Gasteiger partial charge in [0.25, 0.3) is 0 Å². The molecule has 1 N–H and O–H groups in total. The second-order valence-electron chi connectivity index (χ2n) is 3.30. The summed E-state index contributed by atoms with van der Waals surface area (Å²) in [4.78, 5) is 10.9. The van der Waals surface area contributed by atoms with Crippen molar-refractivity contribution in [2.75, 3.05) is 12.4 Å². The highest BCUT2D eigenvalue weighted by atomic mass is 35.5. The lowest BCUT2D eigenvalue weighted by Gasteiger charge is -2.15. The van der Waals surface area contributed by atoms with Gasteiger partial charge in [-0.15, -0.1) is 11.6 Å². The third-order valence-electron chi connectivity index (χ3n) is 1.87. The Morgan fingerprint density at radius 1 is 1.50 bits per heavy atom. The van der Waals surface area contributed by atoms with Crippen LogP contribution in [0.1, 0.15) is 6.92 Å². The highest BCUT2D eigenvalue weighted by Gasteiger charge is 2.08. The lowest BCUT2D eigenvalue weighted by atomic mass is 10.3. The number of halogens is 2. The molecular formula is C11H13Cl2NO2. The molecule has 0 spiro atoms. The third-order valence-corrected chi connectivity index (χ3v) is 2.43. The Balaban J connectivity index is 2.43. The Labute approximate surface area is 105 Å². The van der Waals surface area contributed by atoms with Crippen LogP contribution in [0.2, 0.25) is 5.02 Å². The van der Waals surface area contributed by atoms with Gasteiger partial charge in [0, 0.05) is 0 Å². The number of rotatable bonds is 5. The van der Waals surface area contributed by atoms with Crippen LogP contribution in [0.5, 0.6) is 5.75 Å². The minimum atomic E-state index is -0.212. The van der Waals surface area contributed by atoms with Crippen LogP contribution in [0.25, 0.3) is 0 Å². The van der Waals surface area contributed by atoms with Crippen LogP contribution in [0, 0.1) is 0 Å². The molecule has 0 radical (unpaired) electrons. The summed E-state index contributed by atoms with van der Waals surface area (Å²) in [7, 11) is 0. The van der Waals surface area contributed by atoms with Crippen LogP contribution in [-0.4, -0.2) is 24.4 Å². The maximum atomic E-state index is 10.9. The summed E-state index contributed by atoms with van der Waals surface area (Å²) >= 11 is 11.3. The van der Waals surface area contributed by atoms with Crippen molar-refractivity contribution in [3.05, 3.63) is 29.3 Å². The van der Waals surface area contributed by atoms with E-state index in [0.29, 0.717) is 17.3 Å². The number of ether oxygens (including phenoxy) is 1. The molecule has 1 aromatic rings. The van der Waals surface area contributed by atoms with Crippen molar-refractivity contribution < 1.29 is 9.53 Å². The van der Waals surface area contributed by atoms with E-state index in [4.69, 9.17) is 27.9 Å². The monoisotopic (exact) mass is 261 g/mol. The largest absolute Gasteiger partial charge is 0.487 e. The minimum Gasteiger partial charge on any atom is -0.487 e. The van der Waals surface area contributed by atoms with E-state index < -0.39 is 0 Å². The number of nitrogens with one attached hydrogen (secondary N) is 1. The molecule has 0 aliphatic carbocycles. The number of para-hydroxylation sites is 1. The van der Waals surface area contributed by atoms with Gasteiger partial charge in [-0.05, 0) is 19.1 Å². The molecule has 0 saturated carbocycles. The number of alkyl halides is 1. The molecule has 0 heterocycles. The Morgan fingerprint density at radius 2 is 2.19 bits per heavy atom. The van der Waals surface area contributed by atoms with E-state index in [0.717, 1.165) is 0 Å². The predicted octanol–water partition coefficient (Wildman–Crippen LogP) is 2.46. The smallest absolute Gasteiger partial charge is 0.235 e. The third kappa shape index (κ3) is 4.29. The highest BCUT2D eigenvalue weighted by molar-refractivity contribution is 6.32. The second kappa shape index (κ2) is 6.61. The molecule has 3 nitrogen and oxygen atoms in total. The van der Waals surface area contributed by atoms with Crippen molar-refractivity contribution in [1.29, 1.82) is 0 Å². The Hall–Kier alpha value is -0.930. The summed E-state index contributed by atoms with van der Waals surface area (Å²) in [6.07, 6.45) is -0.160. The van der Waals surface area contributed by atoms with Crippen LogP contribution in [0.4, 0.5) is 0 Å². The molecule has 0 saturated heterocycles. The minimum absolute atomic E-state index is 0.0428. The summed E-state index contributed by atoms with van der Waals surface area (Å²) in [6, 6.07) is 7.20. The molecule has 0 aliphatic heterocycles. The van der Waals surface area contributed by atoms with Crippen LogP contribution in [0.3, 0.4) is 0 Å². The number of benzene rings is 1. The van der Waals surface area contributed by atoms with E-state index in [1.807, 2.05) is 19.1 Å². The van der Waals surface area contributed by atoms with Gasteiger partial charge in [0.2, 0.25) is 5.91 Å². The molecule has 0 fully saturated rings. The first-order valence-corrected chi connectivity index (χ1v) is 5.78. The van der Waals surface area contributed by atoms with Crippen molar-refractivity contribution in [3.8, 4) is 5.75 Å². The van der Waals surface area contributed by atoms with Crippen molar-refractivity contribution in [1.82, 2.24) is 5.32 Å². The molecule has 5 heteroatoms. The van der Waals surface area contributed by atoms with Crippen molar-refractivity contribution in [3.63, 3.8) is 0 Å². The van der Waals surface area contributed by atoms with Crippen molar-refractivity contribution in [2.24, 2.45) is 0 Å². The fraction of sp³-hybridized carbons (Fsp3) is 0.364. The molecule has 1 unspecified atom stereocenters. The van der Waals surface area contributed by atoms with Gasteiger partial charge in [-0.25, -0.2) is 0 Å². The highest BCUT2D eigenvalue weighted by Crippen LogP contribution is 2.23. The van der Waals surface area contributed by atoms with E-state index >= 15 is 0 Å². The quantitative estimate of drug-likeness (QED) is 0.828. The standard InChI is InChI=1S/C11H13Cl2NO2/c1-8(7-14-11(15)6-12)16-10-5-3-2-4-9(10)13/h2-5,8H,6-7H2,1H3,(H,14,15). The molecular weight excluding hydrogens is 249 g/mol. The Bertz CT molecular complexity index is 358. The fourth-order valence-electron chi connectivity index (χ4n) is 1.10. The van der Waals surface area contributed by atoms with Crippen LogP contribution >= 0.6 is 23.2 Å². The first-order chi connectivity index (χ1) is 7.63. The zero-order valence-corrected chi connectivity index (χ0v) is 10.4. The zero-order chi connectivity index (χ0) is 12.0. The van der Waals surface area contributed by atoms with E-state index in [-0.39, 0.29) is 17.9 Å². The average Bonchev–Trinajstić information content (AvgIpc) is 2.29. The number of amides is 1. The molecule has 88 valence electrons. The SMILES string of the molecule is CC(CNC(=O)CCl)Oc1ccccc1Cl. The molecule has 1 rings (SSSR count). The molecule has 0 aliphatic rings. The lowest BCUT2D eigenvalue weighted by Crippen LogP contribution is -2.34. The van der Waals surface area contributed by atoms with Gasteiger partial charge in [0.05, 0.1) is 11.6 Å². The number of carbonyl (C=O) groups is 1. The fourth-order valence-corrected chi connectivity index (χ4v) is 1.38. The molecule has 0 bridgehead atoms. The van der Waals surface area contributed by atoms with Crippen molar-refractivity contribution in [2.45, 2.75) is 13.0 Å². The summed E-state index contributed by atoms with van der Waals surface area (Å²) in [5, 5.41) is 3.19. The topological polar surface area (TPSA) is 38.3 Å². The molecule has 1 amide bonds. The zero-order valence-electron chi connectivity index (χ0n) is 8.87. The van der Waals surface area contributed by atoms with Crippen LogP contribution in [0.15, 0.2) is 24.3 Å². The molecule has 16 heavy (non-hydrogen) atoms. The first kappa shape index (κ1) is 13.1. The van der Waals surface area contributed by atoms with Gasteiger partial charge < -0.3 is 10.1 Å². The normalized spacial score (nSPS) is 11.9. The van der Waals surface area contributed by atoms with Gasteiger partial charge in [-0.2, -0.15) is 0 Å². The Morgan fingerprint density at radius 3 is 2.81 bits per heavy atom. The van der Waals surface area contributed by atoms with Crippen LogP contribution in [-0.2, 0) is 4.79 Å². The maximum absolute atomic E-state index is 10.9. The van der Waals surface area contributed by atoms with Gasteiger partial charge in [-0.3, -0.25) is 4.79 Å². The first-order valence-electron chi connectivity index (χ1n) is 4.87. The van der Waals surface area contributed by atoms with E-state index in [1.54, 1.807) is 12.1 Å². The summed E-state index contributed by atoms with van der Waals surface area (Å²) in [5.74, 6) is 0.354. The van der Waals surface area contributed by atoms with E-state index in [2.05, 4.69) is 5.32 Å². The second-order valence-corrected chi connectivity index (χ2v) is 3.97. The summed E-state index contributed by atoms with van der Waals surface area (Å²) in [6.45, 7) is 2.24. The van der Waals surface area contributed by atoms with Gasteiger partial charge >= 0.3 is 0 Å². The summed E-state index contributed by atoms with van der Waals surface area (Å²) < 4.78 is 5.55. The van der Waals surface area contributed by atoms with Gasteiger partial charge in [0.1, 0.15) is 17.7 Å². The van der Waals surface area contributed by atoms with E-state index in [1.165, 1.54) is 0 Å². The average molecular weight is 262 g/mol. The number of carbonyl (C=O) groups excluding carboxylic acids is 1. The Kier molecular flexibility index (Phi) is 5.43. The van der Waals surface area contributed by atoms with Crippen LogP contribution < -0.4 is 10.1 Å². The number of hydrogen-bond acceptors (Lipinski definition) is 2. The molecule has 0 aromatic heterocycles.